The Balaban J connectivity index is 3.16. The van der Waals surface area contributed by atoms with Gasteiger partial charge < -0.3 is 15.3 Å². The average Bonchev–Trinajstić information content (AvgIpc) is 1.82. The van der Waals surface area contributed by atoms with Gasteiger partial charge in [-0.3, -0.25) is 0 Å². The zero-order valence-electron chi connectivity index (χ0n) is 7.09. The lowest BCUT2D eigenvalue weighted by Crippen LogP contribution is -2.34. The summed E-state index contributed by atoms with van der Waals surface area (Å²) in [6.45, 7) is 4.37. The van der Waals surface area contributed by atoms with Gasteiger partial charge in [-0.15, -0.1) is 0 Å². The summed E-state index contributed by atoms with van der Waals surface area (Å²) in [5.74, 6) is 0. The number of aliphatic hydroxyl groups excluding tert-OH is 1. The molecule has 0 rings (SSSR count). The minimum Gasteiger partial charge on any atom is -0.390 e. The molecule has 10 heavy (non-hydrogen) atoms. The summed E-state index contributed by atoms with van der Waals surface area (Å²) in [7, 11) is 3.91. The maximum absolute atomic E-state index is 9.25. The predicted molar refractivity (Wildman–Crippen MR) is 43.1 cm³/mol. The lowest BCUT2D eigenvalue weighted by molar-refractivity contribution is 0.135. The summed E-state index contributed by atoms with van der Waals surface area (Å²) >= 11 is 0. The van der Waals surface area contributed by atoms with Crippen LogP contribution in [-0.2, 0) is 0 Å². The standard InChI is InChI=1S/C7H18N2O/c1-4-8-5-7(10)6-9(2)3/h7-8,10H,4-6H2,1-3H3. The van der Waals surface area contributed by atoms with Gasteiger partial charge in [0.2, 0.25) is 0 Å². The second kappa shape index (κ2) is 5.65. The van der Waals surface area contributed by atoms with Crippen molar-refractivity contribution in [2.24, 2.45) is 0 Å². The van der Waals surface area contributed by atoms with Gasteiger partial charge in [0.1, 0.15) is 0 Å². The average molecular weight is 146 g/mol. The fourth-order valence-corrected chi connectivity index (χ4v) is 0.797. The van der Waals surface area contributed by atoms with Crippen molar-refractivity contribution in [3.63, 3.8) is 0 Å². The number of hydrogen-bond acceptors (Lipinski definition) is 3. The van der Waals surface area contributed by atoms with Gasteiger partial charge >= 0.3 is 0 Å². The molecule has 0 aliphatic rings. The van der Waals surface area contributed by atoms with E-state index in [1.165, 1.54) is 0 Å². The summed E-state index contributed by atoms with van der Waals surface area (Å²) < 4.78 is 0. The molecule has 0 spiro atoms. The van der Waals surface area contributed by atoms with Crippen molar-refractivity contribution in [3.05, 3.63) is 0 Å². The first kappa shape index (κ1) is 9.88. The highest BCUT2D eigenvalue weighted by Crippen LogP contribution is 1.82. The predicted octanol–water partition coefficient (Wildman–Crippen LogP) is -0.482. The molecule has 1 atom stereocenters. The molecule has 0 amide bonds. The Kier molecular flexibility index (Phi) is 5.58. The minimum absolute atomic E-state index is 0.241. The second-order valence-corrected chi connectivity index (χ2v) is 2.72. The van der Waals surface area contributed by atoms with Gasteiger partial charge in [-0.2, -0.15) is 0 Å². The maximum Gasteiger partial charge on any atom is 0.0791 e. The van der Waals surface area contributed by atoms with Crippen LogP contribution < -0.4 is 5.32 Å². The van der Waals surface area contributed by atoms with Crippen LogP contribution in [0, 0.1) is 0 Å². The van der Waals surface area contributed by atoms with Crippen LogP contribution in [0.4, 0.5) is 0 Å². The molecular weight excluding hydrogens is 128 g/mol. The summed E-state index contributed by atoms with van der Waals surface area (Å²) in [6.07, 6.45) is -0.241. The summed E-state index contributed by atoms with van der Waals surface area (Å²) in [5.41, 5.74) is 0. The second-order valence-electron chi connectivity index (χ2n) is 2.72. The summed E-state index contributed by atoms with van der Waals surface area (Å²) in [6, 6.07) is 0. The van der Waals surface area contributed by atoms with Crippen LogP contribution >= 0.6 is 0 Å². The van der Waals surface area contributed by atoms with Crippen LogP contribution in [0.1, 0.15) is 6.92 Å². The molecule has 0 radical (unpaired) electrons. The van der Waals surface area contributed by atoms with Crippen LogP contribution in [0.3, 0.4) is 0 Å². The van der Waals surface area contributed by atoms with Crippen LogP contribution in [0.2, 0.25) is 0 Å². The van der Waals surface area contributed by atoms with E-state index >= 15 is 0 Å². The van der Waals surface area contributed by atoms with E-state index in [1.807, 2.05) is 25.9 Å². The zero-order chi connectivity index (χ0) is 7.98. The minimum atomic E-state index is -0.241. The Labute approximate surface area is 63.0 Å². The largest absolute Gasteiger partial charge is 0.390 e. The molecule has 0 fully saturated rings. The lowest BCUT2D eigenvalue weighted by Gasteiger charge is -2.15. The van der Waals surface area contributed by atoms with Crippen LogP contribution in [0.15, 0.2) is 0 Å². The smallest absolute Gasteiger partial charge is 0.0791 e. The maximum atomic E-state index is 9.25. The first-order chi connectivity index (χ1) is 4.66. The Hall–Kier alpha value is -0.120. The van der Waals surface area contributed by atoms with Gasteiger partial charge in [0, 0.05) is 13.1 Å². The van der Waals surface area contributed by atoms with E-state index in [4.69, 9.17) is 0 Å². The molecule has 0 aromatic rings. The summed E-state index contributed by atoms with van der Waals surface area (Å²) in [5, 5.41) is 12.3. The highest BCUT2D eigenvalue weighted by atomic mass is 16.3. The van der Waals surface area contributed by atoms with Gasteiger partial charge in [-0.05, 0) is 20.6 Å². The molecule has 62 valence electrons. The molecule has 0 aliphatic heterocycles. The molecule has 0 saturated heterocycles. The van der Waals surface area contributed by atoms with E-state index in [2.05, 4.69) is 5.32 Å². The van der Waals surface area contributed by atoms with Gasteiger partial charge in [-0.1, -0.05) is 6.92 Å². The van der Waals surface area contributed by atoms with Gasteiger partial charge in [0.15, 0.2) is 0 Å². The monoisotopic (exact) mass is 146 g/mol. The number of hydrogen-bond donors (Lipinski definition) is 2. The Morgan fingerprint density at radius 3 is 2.50 bits per heavy atom. The normalized spacial score (nSPS) is 14.1. The number of rotatable bonds is 5. The third-order valence-corrected chi connectivity index (χ3v) is 1.21. The molecule has 3 heteroatoms. The molecule has 0 bridgehead atoms. The van der Waals surface area contributed by atoms with Crippen molar-refractivity contribution in [1.82, 2.24) is 10.2 Å². The van der Waals surface area contributed by atoms with E-state index in [0.29, 0.717) is 6.54 Å². The van der Waals surface area contributed by atoms with Crippen molar-refractivity contribution in [2.45, 2.75) is 13.0 Å². The number of likely N-dealkylation sites (N-methyl/N-ethyl adjacent to an activating group) is 2. The zero-order valence-corrected chi connectivity index (χ0v) is 7.09. The number of aliphatic hydroxyl groups is 1. The first-order valence-corrected chi connectivity index (χ1v) is 3.70. The topological polar surface area (TPSA) is 35.5 Å². The van der Waals surface area contributed by atoms with Gasteiger partial charge in [-0.25, -0.2) is 0 Å². The van der Waals surface area contributed by atoms with E-state index in [9.17, 15) is 5.11 Å². The van der Waals surface area contributed by atoms with Crippen LogP contribution in [0.5, 0.6) is 0 Å². The molecular formula is C7H18N2O. The third-order valence-electron chi connectivity index (χ3n) is 1.21. The third kappa shape index (κ3) is 6.01. The van der Waals surface area contributed by atoms with Crippen molar-refractivity contribution < 1.29 is 5.11 Å². The molecule has 0 aliphatic carbocycles. The summed E-state index contributed by atoms with van der Waals surface area (Å²) in [4.78, 5) is 1.97. The number of nitrogens with zero attached hydrogens (tertiary/aromatic N) is 1. The molecule has 0 saturated carbocycles. The first-order valence-electron chi connectivity index (χ1n) is 3.70. The Bertz CT molecular complexity index is 76.0. The molecule has 1 unspecified atom stereocenters. The van der Waals surface area contributed by atoms with Crippen LogP contribution in [-0.4, -0.2) is 49.8 Å². The number of nitrogens with one attached hydrogen (secondary N) is 1. The van der Waals surface area contributed by atoms with Crippen molar-refractivity contribution >= 4 is 0 Å². The van der Waals surface area contributed by atoms with E-state index in [1.54, 1.807) is 0 Å². The van der Waals surface area contributed by atoms with Crippen LogP contribution in [0.25, 0.3) is 0 Å². The molecule has 2 N–H and O–H groups in total. The molecule has 0 heterocycles. The SMILES string of the molecule is CCNCC(O)CN(C)C. The quantitative estimate of drug-likeness (QED) is 0.550. The van der Waals surface area contributed by atoms with Crippen molar-refractivity contribution in [2.75, 3.05) is 33.7 Å². The lowest BCUT2D eigenvalue weighted by atomic mass is 10.3. The fourth-order valence-electron chi connectivity index (χ4n) is 0.797. The van der Waals surface area contributed by atoms with Gasteiger partial charge in [0.05, 0.1) is 6.10 Å². The van der Waals surface area contributed by atoms with Crippen molar-refractivity contribution in [3.8, 4) is 0 Å². The van der Waals surface area contributed by atoms with E-state index < -0.39 is 0 Å². The molecule has 3 nitrogen and oxygen atoms in total. The van der Waals surface area contributed by atoms with Crippen molar-refractivity contribution in [1.29, 1.82) is 0 Å². The Morgan fingerprint density at radius 2 is 2.10 bits per heavy atom. The van der Waals surface area contributed by atoms with Gasteiger partial charge in [0.25, 0.3) is 0 Å². The van der Waals surface area contributed by atoms with E-state index in [-0.39, 0.29) is 6.10 Å². The highest BCUT2D eigenvalue weighted by Gasteiger charge is 2.02. The van der Waals surface area contributed by atoms with E-state index in [0.717, 1.165) is 13.1 Å². The highest BCUT2D eigenvalue weighted by molar-refractivity contribution is 4.60. The molecule has 0 aromatic heterocycles. The Morgan fingerprint density at radius 1 is 1.50 bits per heavy atom. The molecule has 0 aromatic carbocycles. The fraction of sp³-hybridized carbons (Fsp3) is 1.00.